The number of likely N-dealkylation sites (tertiary alicyclic amines) is 2. The molecule has 2 aromatic carbocycles. The molecule has 3 aliphatic rings. The summed E-state index contributed by atoms with van der Waals surface area (Å²) >= 11 is 6.06. The van der Waals surface area contributed by atoms with Gasteiger partial charge in [-0.3, -0.25) is 14.4 Å². The van der Waals surface area contributed by atoms with Crippen molar-refractivity contribution in [3.8, 4) is 6.01 Å². The largest absolute Gasteiger partial charge is 0.454 e. The number of hydrogen-bond acceptors (Lipinski definition) is 8. The van der Waals surface area contributed by atoms with Crippen molar-refractivity contribution in [2.24, 2.45) is 17.8 Å². The summed E-state index contributed by atoms with van der Waals surface area (Å²) < 4.78 is 43.7. The van der Waals surface area contributed by atoms with E-state index >= 15 is 0 Å². The molecule has 2 saturated heterocycles. The lowest BCUT2D eigenvalue weighted by Gasteiger charge is -2.22. The first-order valence-electron chi connectivity index (χ1n) is 16.2. The number of hydrogen-bond donors (Lipinski definition) is 2. The predicted molar refractivity (Wildman–Crippen MR) is 174 cm³/mol. The SMILES string of the molecule is CC(C)CNC(=O)C(=O)N1CC2CN(C(=O)c3ccc(Nc4nc(CC5(c6ccc(Cl)cc6)CC5)nc(OCC(F)(F)F)n4)cc3)CC2C1. The molecule has 3 aromatic rings. The number of aromatic nitrogens is 3. The van der Waals surface area contributed by atoms with Crippen molar-refractivity contribution in [3.05, 3.63) is 70.5 Å². The van der Waals surface area contributed by atoms with E-state index in [1.165, 1.54) is 0 Å². The summed E-state index contributed by atoms with van der Waals surface area (Å²) in [5.41, 5.74) is 1.76. The van der Waals surface area contributed by atoms with Crippen molar-refractivity contribution in [2.75, 3.05) is 44.6 Å². The first-order chi connectivity index (χ1) is 23.3. The first kappa shape index (κ1) is 34.4. The average molecular weight is 700 g/mol. The molecule has 49 heavy (non-hydrogen) atoms. The number of halogens is 4. The molecule has 0 spiro atoms. The molecule has 260 valence electrons. The topological polar surface area (TPSA) is 130 Å². The number of carbonyl (C=O) groups excluding carboxylic acids is 3. The molecular formula is C34H37ClF3N7O4. The van der Waals surface area contributed by atoms with E-state index in [9.17, 15) is 27.6 Å². The molecule has 1 saturated carbocycles. The van der Waals surface area contributed by atoms with Gasteiger partial charge in [-0.2, -0.15) is 28.1 Å². The van der Waals surface area contributed by atoms with Gasteiger partial charge in [0.05, 0.1) is 0 Å². The highest BCUT2D eigenvalue weighted by Crippen LogP contribution is 2.50. The van der Waals surface area contributed by atoms with E-state index < -0.39 is 30.6 Å². The number of rotatable bonds is 10. The van der Waals surface area contributed by atoms with Gasteiger partial charge < -0.3 is 25.2 Å². The van der Waals surface area contributed by atoms with Crippen molar-refractivity contribution in [1.82, 2.24) is 30.1 Å². The number of ether oxygens (including phenoxy) is 1. The lowest BCUT2D eigenvalue weighted by molar-refractivity contribution is -0.154. The van der Waals surface area contributed by atoms with E-state index in [-0.39, 0.29) is 40.8 Å². The van der Waals surface area contributed by atoms with Gasteiger partial charge in [-0.1, -0.05) is 37.6 Å². The average Bonchev–Trinajstić information content (AvgIpc) is 3.55. The van der Waals surface area contributed by atoms with Gasteiger partial charge in [-0.25, -0.2) is 0 Å². The van der Waals surface area contributed by atoms with E-state index in [1.54, 1.807) is 46.2 Å². The molecule has 2 N–H and O–H groups in total. The number of nitrogens with zero attached hydrogens (tertiary/aromatic N) is 5. The van der Waals surface area contributed by atoms with Crippen molar-refractivity contribution < 1.29 is 32.3 Å². The van der Waals surface area contributed by atoms with Gasteiger partial charge in [0.25, 0.3) is 5.91 Å². The fourth-order valence-electron chi connectivity index (χ4n) is 6.42. The quantitative estimate of drug-likeness (QED) is 0.289. The Labute approximate surface area is 286 Å². The Morgan fingerprint density at radius 3 is 2.16 bits per heavy atom. The summed E-state index contributed by atoms with van der Waals surface area (Å²) in [6.07, 6.45) is -2.47. The molecule has 11 nitrogen and oxygen atoms in total. The number of amides is 3. The van der Waals surface area contributed by atoms with Crippen LogP contribution in [0.1, 0.15) is 48.4 Å². The minimum absolute atomic E-state index is 0.0116. The van der Waals surface area contributed by atoms with Crippen LogP contribution in [0.4, 0.5) is 24.8 Å². The number of anilines is 2. The van der Waals surface area contributed by atoms with E-state index in [4.69, 9.17) is 16.3 Å². The maximum absolute atomic E-state index is 13.3. The number of alkyl halides is 3. The van der Waals surface area contributed by atoms with Crippen LogP contribution in [0.15, 0.2) is 48.5 Å². The molecule has 3 fully saturated rings. The maximum atomic E-state index is 13.3. The Morgan fingerprint density at radius 1 is 0.939 bits per heavy atom. The number of fused-ring (bicyclic) bond motifs is 1. The lowest BCUT2D eigenvalue weighted by atomic mass is 9.92. The lowest BCUT2D eigenvalue weighted by Crippen LogP contribution is -2.44. The summed E-state index contributed by atoms with van der Waals surface area (Å²) in [6, 6.07) is 13.6. The smallest absolute Gasteiger partial charge is 0.422 e. The number of nitrogens with one attached hydrogen (secondary N) is 2. The molecular weight excluding hydrogens is 663 g/mol. The zero-order valence-corrected chi connectivity index (χ0v) is 27.9. The number of benzene rings is 2. The van der Waals surface area contributed by atoms with E-state index in [2.05, 4.69) is 25.6 Å². The molecule has 15 heteroatoms. The van der Waals surface area contributed by atoms with E-state index in [1.807, 2.05) is 26.0 Å². The van der Waals surface area contributed by atoms with Gasteiger partial charge in [-0.05, 0) is 60.7 Å². The van der Waals surface area contributed by atoms with Crippen molar-refractivity contribution >= 4 is 41.0 Å². The van der Waals surface area contributed by atoms with Gasteiger partial charge >= 0.3 is 24.0 Å². The van der Waals surface area contributed by atoms with E-state index in [0.717, 1.165) is 18.4 Å². The summed E-state index contributed by atoms with van der Waals surface area (Å²) in [4.78, 5) is 54.3. The minimum atomic E-state index is -4.57. The molecule has 6 rings (SSSR count). The van der Waals surface area contributed by atoms with Crippen LogP contribution in [-0.2, 0) is 21.4 Å². The fraction of sp³-hybridized carbons (Fsp3) is 0.471. The zero-order valence-electron chi connectivity index (χ0n) is 27.1. The van der Waals surface area contributed by atoms with Crippen LogP contribution >= 0.6 is 11.6 Å². The second-order valence-electron chi connectivity index (χ2n) is 13.5. The Hall–Kier alpha value is -4.46. The van der Waals surface area contributed by atoms with Crippen LogP contribution in [0.2, 0.25) is 5.02 Å². The van der Waals surface area contributed by atoms with Crippen LogP contribution in [0, 0.1) is 17.8 Å². The normalized spacial score (nSPS) is 19.5. The number of carbonyl (C=O) groups is 3. The summed E-state index contributed by atoms with van der Waals surface area (Å²) in [7, 11) is 0. The van der Waals surface area contributed by atoms with E-state index in [0.29, 0.717) is 55.4 Å². The third-order valence-electron chi connectivity index (χ3n) is 9.15. The molecule has 2 unspecified atom stereocenters. The highest BCUT2D eigenvalue weighted by atomic mass is 35.5. The summed E-state index contributed by atoms with van der Waals surface area (Å²) in [5.74, 6) is -0.576. The molecule has 3 heterocycles. The molecule has 3 amide bonds. The molecule has 1 aromatic heterocycles. The van der Waals surface area contributed by atoms with Crippen molar-refractivity contribution in [1.29, 1.82) is 0 Å². The second kappa shape index (κ2) is 13.8. The Kier molecular flexibility index (Phi) is 9.70. The summed E-state index contributed by atoms with van der Waals surface area (Å²) in [6.45, 7) is 4.60. The van der Waals surface area contributed by atoms with Crippen LogP contribution in [0.25, 0.3) is 0 Å². The van der Waals surface area contributed by atoms with Crippen LogP contribution in [0.5, 0.6) is 6.01 Å². The van der Waals surface area contributed by atoms with Gasteiger partial charge in [0.15, 0.2) is 6.61 Å². The molecule has 2 atom stereocenters. The molecule has 2 aliphatic heterocycles. The van der Waals surface area contributed by atoms with Crippen molar-refractivity contribution in [3.63, 3.8) is 0 Å². The Morgan fingerprint density at radius 2 is 1.57 bits per heavy atom. The Balaban J connectivity index is 1.09. The van der Waals surface area contributed by atoms with Gasteiger partial charge in [0.2, 0.25) is 5.95 Å². The standard InChI is InChI=1S/C34H37ClF3N7O4/c1-20(2)14-39-28(46)30(48)45-17-22-15-44(16-23(22)18-45)29(47)21-3-9-26(10-4-21)40-31-41-27(42-32(43-31)49-19-34(36,37)38)13-33(11-12-33)24-5-7-25(35)8-6-24/h3-10,20,22-23H,11-19H2,1-2H3,(H,39,46)(H,40,41,42,43). The highest BCUT2D eigenvalue weighted by Gasteiger charge is 2.46. The second-order valence-corrected chi connectivity index (χ2v) is 13.9. The minimum Gasteiger partial charge on any atom is -0.454 e. The monoisotopic (exact) mass is 699 g/mol. The predicted octanol–water partition coefficient (Wildman–Crippen LogP) is 4.79. The molecule has 0 bridgehead atoms. The van der Waals surface area contributed by atoms with Gasteiger partial charge in [-0.15, -0.1) is 0 Å². The van der Waals surface area contributed by atoms with Gasteiger partial charge in [0, 0.05) is 72.7 Å². The zero-order chi connectivity index (χ0) is 34.9. The first-order valence-corrected chi connectivity index (χ1v) is 16.6. The van der Waals surface area contributed by atoms with Crippen molar-refractivity contribution in [2.45, 2.75) is 44.7 Å². The third kappa shape index (κ3) is 8.41. The third-order valence-corrected chi connectivity index (χ3v) is 9.40. The molecule has 1 aliphatic carbocycles. The fourth-order valence-corrected chi connectivity index (χ4v) is 6.54. The maximum Gasteiger partial charge on any atom is 0.422 e. The summed E-state index contributed by atoms with van der Waals surface area (Å²) in [5, 5.41) is 6.28. The Bertz CT molecular complexity index is 1690. The van der Waals surface area contributed by atoms with Gasteiger partial charge in [0.1, 0.15) is 5.82 Å². The highest BCUT2D eigenvalue weighted by molar-refractivity contribution is 6.35. The van der Waals surface area contributed by atoms with Crippen LogP contribution < -0.4 is 15.4 Å². The van der Waals surface area contributed by atoms with Crippen LogP contribution in [0.3, 0.4) is 0 Å². The van der Waals surface area contributed by atoms with Crippen LogP contribution in [-0.4, -0.2) is 88.0 Å². The molecule has 0 radical (unpaired) electrons.